The van der Waals surface area contributed by atoms with Gasteiger partial charge in [0.05, 0.1) is 12.6 Å². The highest BCUT2D eigenvalue weighted by molar-refractivity contribution is 14.0. The van der Waals surface area contributed by atoms with Crippen LogP contribution in [0, 0.1) is 12.7 Å². The second-order valence-corrected chi connectivity index (χ2v) is 6.35. The third-order valence-corrected chi connectivity index (χ3v) is 4.26. The highest BCUT2D eigenvalue weighted by Gasteiger charge is 2.10. The van der Waals surface area contributed by atoms with Crippen LogP contribution in [0.4, 0.5) is 4.39 Å². The van der Waals surface area contributed by atoms with Gasteiger partial charge in [-0.25, -0.2) is 9.38 Å². The van der Waals surface area contributed by atoms with E-state index >= 15 is 0 Å². The maximum atomic E-state index is 13.8. The minimum atomic E-state index is -0.209. The van der Waals surface area contributed by atoms with Crippen LogP contribution in [0.3, 0.4) is 0 Å². The number of guanidine groups is 1. The van der Waals surface area contributed by atoms with Crippen LogP contribution in [0.2, 0.25) is 0 Å². The molecular formula is C21H28FIN4O. The molecule has 0 bridgehead atoms. The predicted octanol–water partition coefficient (Wildman–Crippen LogP) is 3.93. The van der Waals surface area contributed by atoms with E-state index in [1.807, 2.05) is 32.0 Å². The van der Waals surface area contributed by atoms with Crippen molar-refractivity contribution in [1.29, 1.82) is 0 Å². The van der Waals surface area contributed by atoms with Crippen LogP contribution in [-0.4, -0.2) is 25.5 Å². The van der Waals surface area contributed by atoms with Crippen LogP contribution in [0.15, 0.2) is 47.5 Å². The summed E-state index contributed by atoms with van der Waals surface area (Å²) in [6.07, 6.45) is 0. The van der Waals surface area contributed by atoms with E-state index in [2.05, 4.69) is 20.9 Å². The van der Waals surface area contributed by atoms with Crippen molar-refractivity contribution in [3.63, 3.8) is 0 Å². The van der Waals surface area contributed by atoms with Crippen molar-refractivity contribution in [3.05, 3.63) is 70.5 Å². The van der Waals surface area contributed by atoms with Gasteiger partial charge in [0.15, 0.2) is 5.96 Å². The van der Waals surface area contributed by atoms with E-state index in [1.165, 1.54) is 0 Å². The van der Waals surface area contributed by atoms with Crippen LogP contribution >= 0.6 is 24.0 Å². The Kier molecular flexibility index (Phi) is 9.92. The molecule has 0 saturated carbocycles. The molecule has 2 aromatic rings. The smallest absolute Gasteiger partial charge is 0.251 e. The Hall–Kier alpha value is -2.16. The summed E-state index contributed by atoms with van der Waals surface area (Å²) >= 11 is 0. The lowest BCUT2D eigenvalue weighted by Gasteiger charge is -2.18. The molecule has 0 aliphatic heterocycles. The van der Waals surface area contributed by atoms with E-state index < -0.39 is 0 Å². The second-order valence-electron chi connectivity index (χ2n) is 6.35. The summed E-state index contributed by atoms with van der Waals surface area (Å²) in [5, 5.41) is 9.10. The molecule has 0 saturated heterocycles. The van der Waals surface area contributed by atoms with Crippen LogP contribution in [0.5, 0.6) is 0 Å². The van der Waals surface area contributed by atoms with Gasteiger partial charge in [-0.1, -0.05) is 24.3 Å². The van der Waals surface area contributed by atoms with E-state index in [0.717, 1.165) is 17.7 Å². The van der Waals surface area contributed by atoms with E-state index in [4.69, 9.17) is 0 Å². The number of rotatable bonds is 6. The fourth-order valence-corrected chi connectivity index (χ4v) is 2.56. The van der Waals surface area contributed by atoms with Crippen molar-refractivity contribution in [1.82, 2.24) is 16.0 Å². The Bertz CT molecular complexity index is 809. The molecular weight excluding hydrogens is 470 g/mol. The molecule has 0 aliphatic carbocycles. The van der Waals surface area contributed by atoms with E-state index in [0.29, 0.717) is 23.6 Å². The van der Waals surface area contributed by atoms with Gasteiger partial charge in [0.25, 0.3) is 5.91 Å². The molecule has 2 aromatic carbocycles. The number of nitrogens with zero attached hydrogens (tertiary/aromatic N) is 1. The van der Waals surface area contributed by atoms with Crippen molar-refractivity contribution in [2.45, 2.75) is 33.4 Å². The molecule has 0 aromatic heterocycles. The van der Waals surface area contributed by atoms with Gasteiger partial charge in [0, 0.05) is 19.2 Å². The number of carbonyl (C=O) groups is 1. The molecule has 1 unspecified atom stereocenters. The number of nitrogens with one attached hydrogen (secondary N) is 3. The van der Waals surface area contributed by atoms with Crippen molar-refractivity contribution in [2.24, 2.45) is 4.99 Å². The zero-order valence-corrected chi connectivity index (χ0v) is 19.0. The van der Waals surface area contributed by atoms with E-state index in [-0.39, 0.29) is 41.7 Å². The molecule has 0 aliphatic rings. The first kappa shape index (κ1) is 23.9. The summed E-state index contributed by atoms with van der Waals surface area (Å²) in [7, 11) is 1.61. The lowest BCUT2D eigenvalue weighted by Crippen LogP contribution is -2.38. The highest BCUT2D eigenvalue weighted by Crippen LogP contribution is 2.16. The fraction of sp³-hybridized carbons (Fsp3) is 0.333. The van der Waals surface area contributed by atoms with Crippen molar-refractivity contribution in [3.8, 4) is 0 Å². The molecule has 1 atom stereocenters. The first-order chi connectivity index (χ1) is 12.9. The number of carbonyl (C=O) groups excluding carboxylic acids is 1. The van der Waals surface area contributed by atoms with Gasteiger partial charge in [-0.3, -0.25) is 4.79 Å². The van der Waals surface area contributed by atoms with Gasteiger partial charge in [-0.2, -0.15) is 0 Å². The topological polar surface area (TPSA) is 65.5 Å². The number of halogens is 2. The molecule has 152 valence electrons. The number of aliphatic imine (C=N–C) groups is 1. The minimum absolute atomic E-state index is 0. The van der Waals surface area contributed by atoms with Crippen molar-refractivity contribution in [2.75, 3.05) is 13.6 Å². The van der Waals surface area contributed by atoms with E-state index in [9.17, 15) is 9.18 Å². The predicted molar refractivity (Wildman–Crippen MR) is 123 cm³/mol. The molecule has 28 heavy (non-hydrogen) atoms. The van der Waals surface area contributed by atoms with Gasteiger partial charge in [-0.15, -0.1) is 24.0 Å². The van der Waals surface area contributed by atoms with Crippen molar-refractivity contribution < 1.29 is 9.18 Å². The molecule has 0 heterocycles. The second kappa shape index (κ2) is 11.6. The molecule has 1 amide bonds. The lowest BCUT2D eigenvalue weighted by atomic mass is 10.1. The van der Waals surface area contributed by atoms with Crippen LogP contribution in [-0.2, 0) is 6.54 Å². The fourth-order valence-electron chi connectivity index (χ4n) is 2.56. The minimum Gasteiger partial charge on any atom is -0.357 e. The molecule has 0 radical (unpaired) electrons. The summed E-state index contributed by atoms with van der Waals surface area (Å²) < 4.78 is 13.8. The maximum absolute atomic E-state index is 13.8. The standard InChI is InChI=1S/C21H27FN4O.HI/c1-5-24-21(26-15(3)18-9-6-14(2)19(22)12-18)25-13-16-7-10-17(11-8-16)20(27)23-4;/h6-12,15H,5,13H2,1-4H3,(H,23,27)(H2,24,25,26);1H. The molecule has 5 nitrogen and oxygen atoms in total. The third-order valence-electron chi connectivity index (χ3n) is 4.26. The van der Waals surface area contributed by atoms with Gasteiger partial charge in [0.2, 0.25) is 0 Å². The number of aryl methyl sites for hydroxylation is 1. The van der Waals surface area contributed by atoms with Gasteiger partial charge >= 0.3 is 0 Å². The van der Waals surface area contributed by atoms with Crippen LogP contribution in [0.1, 0.15) is 46.9 Å². The SMILES string of the molecule is CCNC(=NCc1ccc(C(=O)NC)cc1)NC(C)c1ccc(C)c(F)c1.I. The number of benzene rings is 2. The lowest BCUT2D eigenvalue weighted by molar-refractivity contribution is 0.0963. The Balaban J connectivity index is 0.00000392. The van der Waals surface area contributed by atoms with Gasteiger partial charge < -0.3 is 16.0 Å². The van der Waals surface area contributed by atoms with Crippen LogP contribution < -0.4 is 16.0 Å². The van der Waals surface area contributed by atoms with Crippen LogP contribution in [0.25, 0.3) is 0 Å². The largest absolute Gasteiger partial charge is 0.357 e. The monoisotopic (exact) mass is 498 g/mol. The van der Waals surface area contributed by atoms with Gasteiger partial charge in [0.1, 0.15) is 5.82 Å². The van der Waals surface area contributed by atoms with Crippen molar-refractivity contribution >= 4 is 35.8 Å². The zero-order chi connectivity index (χ0) is 19.8. The summed E-state index contributed by atoms with van der Waals surface area (Å²) in [5.41, 5.74) is 3.10. The number of hydrogen-bond donors (Lipinski definition) is 3. The Morgan fingerprint density at radius 2 is 1.86 bits per heavy atom. The van der Waals surface area contributed by atoms with Gasteiger partial charge in [-0.05, 0) is 55.7 Å². The Morgan fingerprint density at radius 3 is 2.43 bits per heavy atom. The molecule has 0 fully saturated rings. The van der Waals surface area contributed by atoms with E-state index in [1.54, 1.807) is 38.2 Å². The Labute approximate surface area is 183 Å². The number of amides is 1. The molecule has 3 N–H and O–H groups in total. The quantitative estimate of drug-likeness (QED) is 0.322. The first-order valence-electron chi connectivity index (χ1n) is 9.06. The summed E-state index contributed by atoms with van der Waals surface area (Å²) in [6, 6.07) is 12.5. The molecule has 0 spiro atoms. The normalized spacial score (nSPS) is 12.0. The third kappa shape index (κ3) is 6.78. The maximum Gasteiger partial charge on any atom is 0.251 e. The molecule has 2 rings (SSSR count). The Morgan fingerprint density at radius 1 is 1.18 bits per heavy atom. The average Bonchev–Trinajstić information content (AvgIpc) is 2.68. The number of hydrogen-bond acceptors (Lipinski definition) is 2. The summed E-state index contributed by atoms with van der Waals surface area (Å²) in [5.74, 6) is 0.333. The average molecular weight is 498 g/mol. The highest BCUT2D eigenvalue weighted by atomic mass is 127. The zero-order valence-electron chi connectivity index (χ0n) is 16.7. The summed E-state index contributed by atoms with van der Waals surface area (Å²) in [4.78, 5) is 16.2. The summed E-state index contributed by atoms with van der Waals surface area (Å²) in [6.45, 7) is 6.90. The molecule has 7 heteroatoms. The first-order valence-corrected chi connectivity index (χ1v) is 9.06.